The van der Waals surface area contributed by atoms with Crippen LogP contribution in [0.15, 0.2) is 48.5 Å². The van der Waals surface area contributed by atoms with Crippen molar-refractivity contribution in [2.24, 2.45) is 5.92 Å². The molecule has 0 radical (unpaired) electrons. The van der Waals surface area contributed by atoms with Crippen molar-refractivity contribution in [1.29, 1.82) is 0 Å². The Hall–Kier alpha value is -3.28. The van der Waals surface area contributed by atoms with Gasteiger partial charge in [0.15, 0.2) is 0 Å². The van der Waals surface area contributed by atoms with Gasteiger partial charge < -0.3 is 19.9 Å². The summed E-state index contributed by atoms with van der Waals surface area (Å²) in [6.07, 6.45) is 0.804. The molecule has 4 rings (SSSR count). The smallest absolute Gasteiger partial charge is 0.251 e. The number of nitrogens with one attached hydrogen (secondary N) is 2. The van der Waals surface area contributed by atoms with Crippen LogP contribution in [0.2, 0.25) is 0 Å². The van der Waals surface area contributed by atoms with Crippen molar-refractivity contribution >= 4 is 22.7 Å². The van der Waals surface area contributed by atoms with Gasteiger partial charge in [0.2, 0.25) is 5.91 Å². The normalized spacial score (nSPS) is 15.9. The maximum absolute atomic E-state index is 13.1. The predicted octanol–water partition coefficient (Wildman–Crippen LogP) is 3.69. The predicted molar refractivity (Wildman–Crippen MR) is 117 cm³/mol. The van der Waals surface area contributed by atoms with Gasteiger partial charge >= 0.3 is 0 Å². The van der Waals surface area contributed by atoms with E-state index in [-0.39, 0.29) is 30.3 Å². The van der Waals surface area contributed by atoms with Gasteiger partial charge in [-0.2, -0.15) is 0 Å². The number of para-hydroxylation sites is 1. The van der Waals surface area contributed by atoms with E-state index in [0.717, 1.165) is 17.6 Å². The molecule has 2 aromatic carbocycles. The van der Waals surface area contributed by atoms with Crippen LogP contribution in [0.5, 0.6) is 5.75 Å². The van der Waals surface area contributed by atoms with Crippen LogP contribution in [-0.2, 0) is 11.2 Å². The lowest BCUT2D eigenvalue weighted by Crippen LogP contribution is -2.46. The third-order valence-corrected chi connectivity index (χ3v) is 5.76. The van der Waals surface area contributed by atoms with E-state index in [1.165, 1.54) is 10.9 Å². The molecule has 3 aromatic rings. The highest BCUT2D eigenvalue weighted by atomic mass is 16.5. The first-order valence-electron chi connectivity index (χ1n) is 10.3. The van der Waals surface area contributed by atoms with Crippen LogP contribution in [0.25, 0.3) is 10.9 Å². The minimum Gasteiger partial charge on any atom is -0.497 e. The number of amides is 2. The zero-order valence-electron chi connectivity index (χ0n) is 17.6. The van der Waals surface area contributed by atoms with Gasteiger partial charge in [-0.25, -0.2) is 0 Å². The van der Waals surface area contributed by atoms with Gasteiger partial charge in [0.25, 0.3) is 5.91 Å². The van der Waals surface area contributed by atoms with Crippen LogP contribution in [0.1, 0.15) is 41.5 Å². The number of fused-ring (bicyclic) bond motifs is 3. The molecule has 156 valence electrons. The molecule has 0 spiro atoms. The molecule has 0 aliphatic carbocycles. The Morgan fingerprint density at radius 1 is 1.20 bits per heavy atom. The molecule has 1 aliphatic rings. The zero-order chi connectivity index (χ0) is 21.3. The van der Waals surface area contributed by atoms with E-state index < -0.39 is 0 Å². The summed E-state index contributed by atoms with van der Waals surface area (Å²) in [4.78, 5) is 31.0. The third-order valence-electron chi connectivity index (χ3n) is 5.76. The lowest BCUT2D eigenvalue weighted by atomic mass is 9.90. The second kappa shape index (κ2) is 8.22. The number of rotatable bonds is 5. The van der Waals surface area contributed by atoms with Crippen molar-refractivity contribution in [2.45, 2.75) is 26.3 Å². The highest BCUT2D eigenvalue weighted by Gasteiger charge is 2.35. The second-order valence-electron chi connectivity index (χ2n) is 8.00. The van der Waals surface area contributed by atoms with Gasteiger partial charge in [-0.05, 0) is 42.2 Å². The number of aromatic amines is 1. The molecular formula is C24H27N3O3. The van der Waals surface area contributed by atoms with Crippen LogP contribution in [-0.4, -0.2) is 41.9 Å². The van der Waals surface area contributed by atoms with Crippen LogP contribution in [0, 0.1) is 5.92 Å². The number of carbonyl (C=O) groups is 2. The van der Waals surface area contributed by atoms with Gasteiger partial charge in [-0.15, -0.1) is 0 Å². The summed E-state index contributed by atoms with van der Waals surface area (Å²) >= 11 is 0. The number of carbonyl (C=O) groups excluding carboxylic acids is 2. The number of hydrogen-bond donors (Lipinski definition) is 2. The Morgan fingerprint density at radius 2 is 2.00 bits per heavy atom. The molecule has 6 heteroatoms. The SMILES string of the molecule is COc1cccc(C(=O)NCC(=O)N2CCc3c([nH]c4ccccc34)C2C(C)C)c1. The van der Waals surface area contributed by atoms with Crippen LogP contribution < -0.4 is 10.1 Å². The Kier molecular flexibility index (Phi) is 5.48. The van der Waals surface area contributed by atoms with Crippen LogP contribution in [0.4, 0.5) is 0 Å². The number of nitrogens with zero attached hydrogens (tertiary/aromatic N) is 1. The van der Waals surface area contributed by atoms with E-state index in [0.29, 0.717) is 17.9 Å². The number of aromatic nitrogens is 1. The summed E-state index contributed by atoms with van der Waals surface area (Å²) in [5, 5.41) is 3.99. The van der Waals surface area contributed by atoms with Gasteiger partial charge in [-0.3, -0.25) is 9.59 Å². The summed E-state index contributed by atoms with van der Waals surface area (Å²) in [7, 11) is 1.56. The van der Waals surface area contributed by atoms with Crippen molar-refractivity contribution in [2.75, 3.05) is 20.2 Å². The Morgan fingerprint density at radius 3 is 2.77 bits per heavy atom. The largest absolute Gasteiger partial charge is 0.497 e. The fourth-order valence-electron chi connectivity index (χ4n) is 4.37. The van der Waals surface area contributed by atoms with Crippen molar-refractivity contribution in [3.63, 3.8) is 0 Å². The first-order chi connectivity index (χ1) is 14.5. The Bertz CT molecular complexity index is 1090. The van der Waals surface area contributed by atoms with E-state index in [1.54, 1.807) is 31.4 Å². The first-order valence-corrected chi connectivity index (χ1v) is 10.3. The van der Waals surface area contributed by atoms with Gasteiger partial charge in [0, 0.05) is 28.7 Å². The fourth-order valence-corrected chi connectivity index (χ4v) is 4.37. The molecule has 2 amide bonds. The molecule has 1 aromatic heterocycles. The maximum atomic E-state index is 13.1. The monoisotopic (exact) mass is 405 g/mol. The molecule has 0 fully saturated rings. The summed E-state index contributed by atoms with van der Waals surface area (Å²) in [5.74, 6) is 0.493. The number of hydrogen-bond acceptors (Lipinski definition) is 3. The van der Waals surface area contributed by atoms with E-state index in [4.69, 9.17) is 4.74 Å². The van der Waals surface area contributed by atoms with Crippen molar-refractivity contribution in [1.82, 2.24) is 15.2 Å². The minimum atomic E-state index is -0.286. The number of benzene rings is 2. The summed E-state index contributed by atoms with van der Waals surface area (Å²) in [6, 6.07) is 15.1. The number of H-pyrrole nitrogens is 1. The molecular weight excluding hydrogens is 378 g/mol. The summed E-state index contributed by atoms with van der Waals surface area (Å²) in [5.41, 5.74) is 3.99. The first kappa shape index (κ1) is 20.0. The highest BCUT2D eigenvalue weighted by molar-refractivity contribution is 5.97. The topological polar surface area (TPSA) is 74.4 Å². The third kappa shape index (κ3) is 3.65. The van der Waals surface area contributed by atoms with E-state index in [1.807, 2.05) is 17.0 Å². The average Bonchev–Trinajstić information content (AvgIpc) is 3.15. The molecule has 2 N–H and O–H groups in total. The van der Waals surface area contributed by atoms with Crippen molar-refractivity contribution in [3.8, 4) is 5.75 Å². The lowest BCUT2D eigenvalue weighted by molar-refractivity contribution is -0.134. The molecule has 1 unspecified atom stereocenters. The van der Waals surface area contributed by atoms with Crippen LogP contribution >= 0.6 is 0 Å². The molecule has 2 heterocycles. The summed E-state index contributed by atoms with van der Waals surface area (Å²) in [6.45, 7) is 4.86. The molecule has 0 bridgehead atoms. The lowest BCUT2D eigenvalue weighted by Gasteiger charge is -2.38. The van der Waals surface area contributed by atoms with E-state index in [9.17, 15) is 9.59 Å². The fraction of sp³-hybridized carbons (Fsp3) is 0.333. The van der Waals surface area contributed by atoms with E-state index in [2.05, 4.69) is 36.3 Å². The molecule has 0 saturated carbocycles. The van der Waals surface area contributed by atoms with Crippen molar-refractivity contribution in [3.05, 3.63) is 65.4 Å². The van der Waals surface area contributed by atoms with Gasteiger partial charge in [0.1, 0.15) is 5.75 Å². The molecule has 1 atom stereocenters. The molecule has 6 nitrogen and oxygen atoms in total. The Labute approximate surface area is 176 Å². The number of methoxy groups -OCH3 is 1. The molecule has 30 heavy (non-hydrogen) atoms. The highest BCUT2D eigenvalue weighted by Crippen LogP contribution is 2.38. The van der Waals surface area contributed by atoms with Crippen LogP contribution in [0.3, 0.4) is 0 Å². The van der Waals surface area contributed by atoms with Crippen molar-refractivity contribution < 1.29 is 14.3 Å². The minimum absolute atomic E-state index is 0.0329. The maximum Gasteiger partial charge on any atom is 0.251 e. The second-order valence-corrected chi connectivity index (χ2v) is 8.00. The number of ether oxygens (including phenoxy) is 1. The van der Waals surface area contributed by atoms with E-state index >= 15 is 0 Å². The Balaban J connectivity index is 1.51. The van der Waals surface area contributed by atoms with Gasteiger partial charge in [0.05, 0.1) is 19.7 Å². The quantitative estimate of drug-likeness (QED) is 0.680. The zero-order valence-corrected chi connectivity index (χ0v) is 17.6. The summed E-state index contributed by atoms with van der Waals surface area (Å²) < 4.78 is 5.17. The van der Waals surface area contributed by atoms with Gasteiger partial charge in [-0.1, -0.05) is 38.1 Å². The average molecular weight is 405 g/mol. The standard InChI is InChI=1S/C24H27N3O3/c1-15(2)23-22-19(18-9-4-5-10-20(18)26-22)11-12-27(23)21(28)14-25-24(29)16-7-6-8-17(13-16)30-3/h4-10,13,15,23,26H,11-12,14H2,1-3H3,(H,25,29). The molecule has 1 aliphatic heterocycles. The molecule has 0 saturated heterocycles.